The number of fused-ring (bicyclic) bond motifs is 1. The zero-order valence-corrected chi connectivity index (χ0v) is 19.5. The fraction of sp³-hybridized carbons (Fsp3) is 0.304. The van der Waals surface area contributed by atoms with Crippen molar-refractivity contribution in [3.8, 4) is 5.75 Å². The van der Waals surface area contributed by atoms with Crippen molar-refractivity contribution in [2.75, 3.05) is 18.8 Å². The van der Waals surface area contributed by atoms with Gasteiger partial charge < -0.3 is 24.9 Å². The topological polar surface area (TPSA) is 102 Å². The monoisotopic (exact) mass is 493 g/mol. The molecule has 4 rings (SSSR count). The number of benzene rings is 1. The molecule has 3 heterocycles. The number of aliphatic hydroxyl groups is 1. The Bertz CT molecular complexity index is 1260. The number of carbonyl (C=O) groups is 1. The molecule has 0 radical (unpaired) electrons. The average molecular weight is 494 g/mol. The van der Waals surface area contributed by atoms with Crippen LogP contribution in [0.1, 0.15) is 37.5 Å². The van der Waals surface area contributed by atoms with Crippen molar-refractivity contribution in [2.24, 2.45) is 0 Å². The van der Waals surface area contributed by atoms with Gasteiger partial charge in [-0.05, 0) is 38.0 Å². The van der Waals surface area contributed by atoms with E-state index in [1.165, 1.54) is 19.1 Å². The Balaban J connectivity index is 1.66. The number of rotatable bonds is 5. The summed E-state index contributed by atoms with van der Waals surface area (Å²) in [6.45, 7) is 3.98. The van der Waals surface area contributed by atoms with Crippen LogP contribution in [0.25, 0.3) is 16.5 Å². The lowest BCUT2D eigenvalue weighted by Gasteiger charge is -2.27. The van der Waals surface area contributed by atoms with Crippen LogP contribution in [0.15, 0.2) is 35.1 Å². The predicted molar refractivity (Wildman–Crippen MR) is 125 cm³/mol. The standard InChI is InChI=1S/C23H22Cl2FN3O4/c1-11(30)23(31)29-7-5-13(6-8-29)15-10-32-20-14(15)9-28-22(27)21(20)33-12(2)18-16(24)3-4-17(26)19(18)25/h3-5,9-12,30H,6-8H2,1-2H3,(H2,27,28)/t11-,12-/m1/s1. The highest BCUT2D eigenvalue weighted by Gasteiger charge is 2.25. The normalized spacial score (nSPS) is 15.9. The highest BCUT2D eigenvalue weighted by molar-refractivity contribution is 6.36. The lowest BCUT2D eigenvalue weighted by Crippen LogP contribution is -2.40. The highest BCUT2D eigenvalue weighted by Crippen LogP contribution is 2.41. The van der Waals surface area contributed by atoms with Gasteiger partial charge in [0.25, 0.3) is 5.91 Å². The number of amides is 1. The number of furan rings is 1. The first-order valence-electron chi connectivity index (χ1n) is 10.3. The van der Waals surface area contributed by atoms with Crippen molar-refractivity contribution in [1.82, 2.24) is 9.88 Å². The van der Waals surface area contributed by atoms with Gasteiger partial charge in [-0.2, -0.15) is 0 Å². The van der Waals surface area contributed by atoms with Gasteiger partial charge in [0.1, 0.15) is 18.0 Å². The summed E-state index contributed by atoms with van der Waals surface area (Å²) in [4.78, 5) is 17.9. The van der Waals surface area contributed by atoms with E-state index < -0.39 is 18.0 Å². The minimum atomic E-state index is -1.04. The van der Waals surface area contributed by atoms with Crippen LogP contribution < -0.4 is 10.5 Å². The lowest BCUT2D eigenvalue weighted by molar-refractivity contribution is -0.138. The molecule has 174 valence electrons. The Labute approximate surface area is 199 Å². The summed E-state index contributed by atoms with van der Waals surface area (Å²) in [6, 6.07) is 2.59. The van der Waals surface area contributed by atoms with E-state index in [0.717, 1.165) is 11.1 Å². The van der Waals surface area contributed by atoms with Gasteiger partial charge in [0.2, 0.25) is 5.75 Å². The van der Waals surface area contributed by atoms with E-state index in [4.69, 9.17) is 38.1 Å². The minimum absolute atomic E-state index is 0.102. The van der Waals surface area contributed by atoms with Crippen molar-refractivity contribution in [3.05, 3.63) is 57.7 Å². The molecule has 0 spiro atoms. The number of hydrogen-bond acceptors (Lipinski definition) is 6. The average Bonchev–Trinajstić information content (AvgIpc) is 3.22. The van der Waals surface area contributed by atoms with Gasteiger partial charge in [0.05, 0.1) is 16.7 Å². The fourth-order valence-corrected chi connectivity index (χ4v) is 4.55. The summed E-state index contributed by atoms with van der Waals surface area (Å²) in [5.74, 6) is -0.616. The van der Waals surface area contributed by atoms with E-state index >= 15 is 0 Å². The number of aliphatic hydroxyl groups excluding tert-OH is 1. The first kappa shape index (κ1) is 23.4. The quantitative estimate of drug-likeness (QED) is 0.485. The Kier molecular flexibility index (Phi) is 6.52. The molecule has 33 heavy (non-hydrogen) atoms. The number of ether oxygens (including phenoxy) is 1. The fourth-order valence-electron chi connectivity index (χ4n) is 3.87. The van der Waals surface area contributed by atoms with Gasteiger partial charge in [-0.3, -0.25) is 4.79 Å². The second-order valence-corrected chi connectivity index (χ2v) is 8.61. The third-order valence-corrected chi connectivity index (χ3v) is 6.32. The van der Waals surface area contributed by atoms with Crippen molar-refractivity contribution >= 4 is 51.5 Å². The Hall–Kier alpha value is -2.81. The molecule has 0 bridgehead atoms. The number of aromatic nitrogens is 1. The number of halogens is 3. The Morgan fingerprint density at radius 2 is 2.12 bits per heavy atom. The smallest absolute Gasteiger partial charge is 0.251 e. The maximum atomic E-state index is 14.0. The first-order valence-corrected chi connectivity index (χ1v) is 11.1. The molecule has 0 unspecified atom stereocenters. The molecule has 3 N–H and O–H groups in total. The number of anilines is 1. The van der Waals surface area contributed by atoms with Crippen LogP contribution in [-0.2, 0) is 4.79 Å². The van der Waals surface area contributed by atoms with E-state index in [2.05, 4.69) is 4.98 Å². The lowest BCUT2D eigenvalue weighted by atomic mass is 9.99. The van der Waals surface area contributed by atoms with Crippen LogP contribution in [0.3, 0.4) is 0 Å². The molecular weight excluding hydrogens is 472 g/mol. The van der Waals surface area contributed by atoms with Crippen molar-refractivity contribution in [2.45, 2.75) is 32.5 Å². The first-order chi connectivity index (χ1) is 15.7. The zero-order valence-electron chi connectivity index (χ0n) is 17.9. The van der Waals surface area contributed by atoms with Gasteiger partial charge >= 0.3 is 0 Å². The number of nitrogens with zero attached hydrogens (tertiary/aromatic N) is 2. The number of nitrogens with two attached hydrogens (primary N) is 1. The molecule has 2 atom stereocenters. The number of carbonyl (C=O) groups excluding carboxylic acids is 1. The summed E-state index contributed by atoms with van der Waals surface area (Å²) in [7, 11) is 0. The van der Waals surface area contributed by atoms with Gasteiger partial charge in [-0.15, -0.1) is 0 Å². The van der Waals surface area contributed by atoms with Crippen LogP contribution in [0, 0.1) is 5.82 Å². The summed E-state index contributed by atoms with van der Waals surface area (Å²) in [5, 5.41) is 10.3. The summed E-state index contributed by atoms with van der Waals surface area (Å²) in [5.41, 5.74) is 8.53. The van der Waals surface area contributed by atoms with Gasteiger partial charge in [0, 0.05) is 35.4 Å². The second kappa shape index (κ2) is 9.21. The van der Waals surface area contributed by atoms with Gasteiger partial charge in [-0.1, -0.05) is 29.3 Å². The predicted octanol–water partition coefficient (Wildman–Crippen LogP) is 4.99. The van der Waals surface area contributed by atoms with Crippen molar-refractivity contribution < 1.29 is 23.4 Å². The third-order valence-electron chi connectivity index (χ3n) is 5.61. The molecule has 10 heteroatoms. The molecule has 2 aromatic heterocycles. The molecule has 1 aliphatic heterocycles. The zero-order chi connectivity index (χ0) is 23.9. The molecule has 0 aliphatic carbocycles. The van der Waals surface area contributed by atoms with Crippen LogP contribution in [0.2, 0.25) is 10.0 Å². The van der Waals surface area contributed by atoms with Gasteiger partial charge in [0.15, 0.2) is 11.4 Å². The number of pyridine rings is 1. The van der Waals surface area contributed by atoms with E-state index in [-0.39, 0.29) is 27.5 Å². The third kappa shape index (κ3) is 4.38. The van der Waals surface area contributed by atoms with E-state index in [1.54, 1.807) is 24.3 Å². The molecule has 1 aliphatic rings. The van der Waals surface area contributed by atoms with Gasteiger partial charge in [-0.25, -0.2) is 9.37 Å². The van der Waals surface area contributed by atoms with Crippen LogP contribution in [-0.4, -0.2) is 40.1 Å². The van der Waals surface area contributed by atoms with Crippen LogP contribution in [0.4, 0.5) is 10.2 Å². The van der Waals surface area contributed by atoms with E-state index in [9.17, 15) is 14.3 Å². The SMILES string of the molecule is C[C@@H](O)C(=O)N1CC=C(c2coc3c(O[C@H](C)c4c(Cl)ccc(F)c4Cl)c(N)ncc23)CC1. The summed E-state index contributed by atoms with van der Waals surface area (Å²) >= 11 is 12.3. The Morgan fingerprint density at radius 1 is 1.36 bits per heavy atom. The number of hydrogen-bond donors (Lipinski definition) is 2. The summed E-state index contributed by atoms with van der Waals surface area (Å²) in [6.07, 6.45) is 3.90. The van der Waals surface area contributed by atoms with E-state index in [1.807, 2.05) is 6.08 Å². The molecule has 7 nitrogen and oxygen atoms in total. The molecule has 0 saturated heterocycles. The molecular formula is C23H22Cl2FN3O4. The molecule has 1 aromatic carbocycles. The van der Waals surface area contributed by atoms with Crippen molar-refractivity contribution in [3.63, 3.8) is 0 Å². The molecule has 1 amide bonds. The molecule has 3 aromatic rings. The minimum Gasteiger partial charge on any atom is -0.478 e. The maximum Gasteiger partial charge on any atom is 0.251 e. The molecule has 0 saturated carbocycles. The Morgan fingerprint density at radius 3 is 2.79 bits per heavy atom. The van der Waals surface area contributed by atoms with E-state index in [0.29, 0.717) is 36.0 Å². The number of nitrogen functional groups attached to an aromatic ring is 1. The largest absolute Gasteiger partial charge is 0.478 e. The molecule has 0 fully saturated rings. The van der Waals surface area contributed by atoms with Crippen LogP contribution >= 0.6 is 23.2 Å². The van der Waals surface area contributed by atoms with Crippen LogP contribution in [0.5, 0.6) is 5.75 Å². The second-order valence-electron chi connectivity index (χ2n) is 7.82. The highest BCUT2D eigenvalue weighted by atomic mass is 35.5. The maximum absolute atomic E-state index is 14.0. The summed E-state index contributed by atoms with van der Waals surface area (Å²) < 4.78 is 25.8. The van der Waals surface area contributed by atoms with Crippen molar-refractivity contribution in [1.29, 1.82) is 0 Å².